The van der Waals surface area contributed by atoms with Crippen molar-refractivity contribution in [2.45, 2.75) is 110 Å². The Labute approximate surface area is 149 Å². The quantitative estimate of drug-likeness (QED) is 0.194. The van der Waals surface area contributed by atoms with Gasteiger partial charge in [0.1, 0.15) is 0 Å². The summed E-state index contributed by atoms with van der Waals surface area (Å²) in [6, 6.07) is 0. The van der Waals surface area contributed by atoms with Gasteiger partial charge in [0.05, 0.1) is 6.16 Å². The van der Waals surface area contributed by atoms with Crippen LogP contribution in [0.4, 0.5) is 0 Å². The zero-order valence-electron chi connectivity index (χ0n) is 16.9. The highest BCUT2D eigenvalue weighted by Crippen LogP contribution is 2.47. The minimum Gasteiger partial charge on any atom is -0.870 e. The standard InChI is InChI=1S/C21H46P.H2O/c1-5-6-7-8-9-10-11-12-13-14-15-16-17-18-19-20-21-22(2,3)4;/h5-21H2,1-4H3;1H2/q+1;/p-1. The predicted molar refractivity (Wildman–Crippen MR) is 111 cm³/mol. The molecule has 0 aromatic rings. The van der Waals surface area contributed by atoms with Crippen molar-refractivity contribution in [3.8, 4) is 0 Å². The molecule has 0 rings (SSSR count). The highest BCUT2D eigenvalue weighted by Gasteiger charge is 2.15. The predicted octanol–water partition coefficient (Wildman–Crippen LogP) is 7.98. The lowest BCUT2D eigenvalue weighted by Crippen LogP contribution is -1.92. The molecule has 0 atom stereocenters. The van der Waals surface area contributed by atoms with Gasteiger partial charge in [-0.1, -0.05) is 96.8 Å². The minimum atomic E-state index is -0.504. The lowest BCUT2D eigenvalue weighted by atomic mass is 10.0. The van der Waals surface area contributed by atoms with Gasteiger partial charge < -0.3 is 5.48 Å². The SMILES string of the molecule is CCCCCCCCCCCCCCCCCC[P+](C)(C)C.[OH-]. The molecular formula is C21H47OP. The first-order valence-electron chi connectivity index (χ1n) is 10.4. The number of hydrogen-bond acceptors (Lipinski definition) is 1. The highest BCUT2D eigenvalue weighted by molar-refractivity contribution is 7.73. The number of hydrogen-bond donors (Lipinski definition) is 0. The van der Waals surface area contributed by atoms with Gasteiger partial charge >= 0.3 is 0 Å². The summed E-state index contributed by atoms with van der Waals surface area (Å²) in [4.78, 5) is 0. The van der Waals surface area contributed by atoms with Crippen LogP contribution < -0.4 is 0 Å². The Hall–Kier alpha value is 0.390. The van der Waals surface area contributed by atoms with Crippen LogP contribution in [0.2, 0.25) is 0 Å². The van der Waals surface area contributed by atoms with Crippen molar-refractivity contribution >= 4 is 7.26 Å². The molecule has 0 heterocycles. The van der Waals surface area contributed by atoms with Crippen molar-refractivity contribution in [3.05, 3.63) is 0 Å². The average Bonchev–Trinajstić information content (AvgIpc) is 2.45. The molecule has 1 nitrogen and oxygen atoms in total. The van der Waals surface area contributed by atoms with Gasteiger partial charge in [0, 0.05) is 27.3 Å². The zero-order valence-corrected chi connectivity index (χ0v) is 17.8. The van der Waals surface area contributed by atoms with Crippen molar-refractivity contribution < 1.29 is 5.48 Å². The molecule has 23 heavy (non-hydrogen) atoms. The molecule has 0 aromatic heterocycles. The monoisotopic (exact) mass is 346 g/mol. The Morgan fingerprint density at radius 2 is 0.696 bits per heavy atom. The van der Waals surface area contributed by atoms with Crippen LogP contribution in [0.25, 0.3) is 0 Å². The summed E-state index contributed by atoms with van der Waals surface area (Å²) < 4.78 is 0. The Morgan fingerprint density at radius 3 is 0.957 bits per heavy atom. The maximum atomic E-state index is 2.47. The van der Waals surface area contributed by atoms with Crippen LogP contribution in [0.3, 0.4) is 0 Å². The van der Waals surface area contributed by atoms with Crippen molar-refractivity contribution in [2.24, 2.45) is 0 Å². The van der Waals surface area contributed by atoms with Crippen LogP contribution >= 0.6 is 7.26 Å². The molecule has 0 amide bonds. The van der Waals surface area contributed by atoms with E-state index in [-0.39, 0.29) is 5.48 Å². The summed E-state index contributed by atoms with van der Waals surface area (Å²) in [5.74, 6) is 0. The van der Waals surface area contributed by atoms with E-state index in [1.165, 1.54) is 109 Å². The molecular weight excluding hydrogens is 299 g/mol. The zero-order chi connectivity index (χ0) is 16.5. The largest absolute Gasteiger partial charge is 0.870 e. The number of rotatable bonds is 17. The summed E-state index contributed by atoms with van der Waals surface area (Å²) in [6.07, 6.45) is 25.1. The van der Waals surface area contributed by atoms with Crippen LogP contribution in [0, 0.1) is 0 Å². The van der Waals surface area contributed by atoms with Crippen molar-refractivity contribution in [2.75, 3.05) is 26.2 Å². The molecule has 0 aromatic carbocycles. The van der Waals surface area contributed by atoms with E-state index in [9.17, 15) is 0 Å². The Kier molecular flexibility index (Phi) is 20.9. The van der Waals surface area contributed by atoms with E-state index in [1.807, 2.05) is 0 Å². The molecule has 1 N–H and O–H groups in total. The van der Waals surface area contributed by atoms with Gasteiger partial charge in [0.25, 0.3) is 0 Å². The second kappa shape index (κ2) is 18.7. The Balaban J connectivity index is 0. The Morgan fingerprint density at radius 1 is 0.435 bits per heavy atom. The highest BCUT2D eigenvalue weighted by atomic mass is 31.2. The molecule has 0 bridgehead atoms. The van der Waals surface area contributed by atoms with Crippen LogP contribution in [0.1, 0.15) is 110 Å². The number of unbranched alkanes of at least 4 members (excludes halogenated alkanes) is 15. The summed E-state index contributed by atoms with van der Waals surface area (Å²) in [5.41, 5.74) is 0. The Bertz CT molecular complexity index is 210. The van der Waals surface area contributed by atoms with Crippen LogP contribution in [0.15, 0.2) is 0 Å². The third-order valence-electron chi connectivity index (χ3n) is 4.68. The normalized spacial score (nSPS) is 11.5. The van der Waals surface area contributed by atoms with Crippen LogP contribution in [0.5, 0.6) is 0 Å². The molecule has 0 aliphatic heterocycles. The summed E-state index contributed by atoms with van der Waals surface area (Å²) in [7, 11) is -0.504. The minimum absolute atomic E-state index is 0. The third-order valence-corrected chi connectivity index (χ3v) is 6.34. The molecule has 0 saturated carbocycles. The van der Waals surface area contributed by atoms with E-state index in [2.05, 4.69) is 26.9 Å². The van der Waals surface area contributed by atoms with Gasteiger partial charge in [-0.25, -0.2) is 0 Å². The lowest BCUT2D eigenvalue weighted by molar-refractivity contribution is 0.531. The van der Waals surface area contributed by atoms with Gasteiger partial charge in [-0.2, -0.15) is 0 Å². The maximum Gasteiger partial charge on any atom is 0.0586 e. The third kappa shape index (κ3) is 24.8. The topological polar surface area (TPSA) is 30.0 Å². The first-order valence-corrected chi connectivity index (χ1v) is 13.7. The van der Waals surface area contributed by atoms with Crippen LogP contribution in [-0.4, -0.2) is 31.6 Å². The van der Waals surface area contributed by atoms with Crippen molar-refractivity contribution in [1.82, 2.24) is 0 Å². The van der Waals surface area contributed by atoms with E-state index < -0.39 is 7.26 Å². The molecule has 0 fully saturated rings. The van der Waals surface area contributed by atoms with Crippen molar-refractivity contribution in [3.63, 3.8) is 0 Å². The van der Waals surface area contributed by atoms with E-state index in [0.29, 0.717) is 0 Å². The second-order valence-electron chi connectivity index (χ2n) is 8.32. The summed E-state index contributed by atoms with van der Waals surface area (Å²) >= 11 is 0. The van der Waals surface area contributed by atoms with Gasteiger partial charge in [0.15, 0.2) is 0 Å². The summed E-state index contributed by atoms with van der Waals surface area (Å²) in [6.45, 7) is 9.71. The van der Waals surface area contributed by atoms with Gasteiger partial charge in [-0.05, 0) is 12.8 Å². The van der Waals surface area contributed by atoms with E-state index in [4.69, 9.17) is 0 Å². The fraction of sp³-hybridized carbons (Fsp3) is 1.00. The fourth-order valence-corrected chi connectivity index (χ4v) is 4.31. The summed E-state index contributed by atoms with van der Waals surface area (Å²) in [5, 5.41) is 0. The molecule has 0 aliphatic carbocycles. The van der Waals surface area contributed by atoms with Gasteiger partial charge in [-0.15, -0.1) is 0 Å². The average molecular weight is 347 g/mol. The smallest absolute Gasteiger partial charge is 0.0586 e. The molecule has 0 saturated heterocycles. The molecule has 0 spiro atoms. The first-order chi connectivity index (χ1) is 10.6. The van der Waals surface area contributed by atoms with Crippen molar-refractivity contribution in [1.29, 1.82) is 0 Å². The van der Waals surface area contributed by atoms with E-state index in [0.717, 1.165) is 0 Å². The van der Waals surface area contributed by atoms with E-state index in [1.54, 1.807) is 0 Å². The molecule has 0 unspecified atom stereocenters. The first kappa shape index (κ1) is 25.6. The molecule has 0 aliphatic rings. The maximum absolute atomic E-state index is 2.47. The van der Waals surface area contributed by atoms with Gasteiger partial charge in [-0.3, -0.25) is 0 Å². The molecule has 142 valence electrons. The molecule has 0 radical (unpaired) electrons. The molecule has 2 heteroatoms. The van der Waals surface area contributed by atoms with Gasteiger partial charge in [0.2, 0.25) is 0 Å². The fourth-order valence-electron chi connectivity index (χ4n) is 3.13. The van der Waals surface area contributed by atoms with E-state index >= 15 is 0 Å². The van der Waals surface area contributed by atoms with Crippen LogP contribution in [-0.2, 0) is 0 Å². The lowest BCUT2D eigenvalue weighted by Gasteiger charge is -2.10. The second-order valence-corrected chi connectivity index (χ2v) is 13.3.